The molecule has 6 nitrogen and oxygen atoms in total. The van der Waals surface area contributed by atoms with Gasteiger partial charge in [-0.05, 0) is 24.3 Å². The second-order valence-electron chi connectivity index (χ2n) is 4.71. The Kier molecular flexibility index (Phi) is 3.93. The highest BCUT2D eigenvalue weighted by atomic mass is 35.5. The number of pyridine rings is 1. The minimum absolute atomic E-state index is 0.0242. The SMILES string of the molecule is O=C(CN1CC(=O)Oc2ccccc21)Nc1ccc(Cl)cn1. The van der Waals surface area contributed by atoms with E-state index in [4.69, 9.17) is 16.3 Å². The van der Waals surface area contributed by atoms with Crippen LogP contribution < -0.4 is 15.0 Å². The number of carbonyl (C=O) groups is 2. The molecular weight excluding hydrogens is 306 g/mol. The maximum Gasteiger partial charge on any atom is 0.331 e. The molecule has 0 atom stereocenters. The molecule has 2 aromatic rings. The quantitative estimate of drug-likeness (QED) is 0.693. The molecule has 0 bridgehead atoms. The topological polar surface area (TPSA) is 71.5 Å². The van der Waals surface area contributed by atoms with Crippen LogP contribution in [-0.4, -0.2) is 29.9 Å². The normalized spacial score (nSPS) is 13.3. The second kappa shape index (κ2) is 6.03. The summed E-state index contributed by atoms with van der Waals surface area (Å²) in [5.41, 5.74) is 0.710. The van der Waals surface area contributed by atoms with Crippen molar-refractivity contribution >= 4 is 35.0 Å². The predicted molar refractivity (Wildman–Crippen MR) is 82.2 cm³/mol. The molecule has 1 aromatic heterocycles. The third kappa shape index (κ3) is 3.17. The fourth-order valence-corrected chi connectivity index (χ4v) is 2.26. The van der Waals surface area contributed by atoms with Crippen LogP contribution in [-0.2, 0) is 9.59 Å². The van der Waals surface area contributed by atoms with Gasteiger partial charge in [0.15, 0.2) is 5.75 Å². The number of para-hydroxylation sites is 2. The van der Waals surface area contributed by atoms with Crippen LogP contribution in [0.2, 0.25) is 5.02 Å². The molecule has 22 heavy (non-hydrogen) atoms. The van der Waals surface area contributed by atoms with Crippen LogP contribution in [0.5, 0.6) is 5.75 Å². The van der Waals surface area contributed by atoms with Crippen LogP contribution in [0.1, 0.15) is 0 Å². The van der Waals surface area contributed by atoms with Gasteiger partial charge in [-0.25, -0.2) is 9.78 Å². The summed E-state index contributed by atoms with van der Waals surface area (Å²) >= 11 is 5.74. The molecule has 0 saturated heterocycles. The van der Waals surface area contributed by atoms with Gasteiger partial charge in [-0.3, -0.25) is 4.79 Å². The van der Waals surface area contributed by atoms with Gasteiger partial charge in [-0.15, -0.1) is 0 Å². The first kappa shape index (κ1) is 14.3. The number of amides is 1. The molecule has 0 fully saturated rings. The molecule has 0 radical (unpaired) electrons. The van der Waals surface area contributed by atoms with Gasteiger partial charge in [0.05, 0.1) is 17.3 Å². The van der Waals surface area contributed by atoms with E-state index in [1.54, 1.807) is 35.2 Å². The van der Waals surface area contributed by atoms with E-state index in [1.807, 2.05) is 6.07 Å². The van der Waals surface area contributed by atoms with Crippen molar-refractivity contribution in [3.05, 3.63) is 47.6 Å². The average Bonchev–Trinajstić information content (AvgIpc) is 2.49. The maximum absolute atomic E-state index is 12.1. The fourth-order valence-electron chi connectivity index (χ4n) is 2.15. The fraction of sp³-hybridized carbons (Fsp3) is 0.133. The standard InChI is InChI=1S/C15H12ClN3O3/c16-10-5-6-13(17-7-10)18-14(20)8-19-9-15(21)22-12-4-2-1-3-11(12)19/h1-7H,8-9H2,(H,17,18,20). The minimum Gasteiger partial charge on any atom is -0.423 e. The van der Waals surface area contributed by atoms with E-state index in [1.165, 1.54) is 6.20 Å². The zero-order valence-electron chi connectivity index (χ0n) is 11.5. The van der Waals surface area contributed by atoms with E-state index in [2.05, 4.69) is 10.3 Å². The summed E-state index contributed by atoms with van der Waals surface area (Å²) in [7, 11) is 0. The highest BCUT2D eigenvalue weighted by Gasteiger charge is 2.25. The molecule has 7 heteroatoms. The Bertz CT molecular complexity index is 718. The molecular formula is C15H12ClN3O3. The van der Waals surface area contributed by atoms with Crippen LogP contribution in [0.4, 0.5) is 11.5 Å². The van der Waals surface area contributed by atoms with E-state index in [-0.39, 0.29) is 19.0 Å². The van der Waals surface area contributed by atoms with E-state index in [0.29, 0.717) is 22.3 Å². The lowest BCUT2D eigenvalue weighted by atomic mass is 10.2. The first-order valence-corrected chi connectivity index (χ1v) is 6.96. The van der Waals surface area contributed by atoms with E-state index >= 15 is 0 Å². The summed E-state index contributed by atoms with van der Waals surface area (Å²) in [5, 5.41) is 3.15. The largest absolute Gasteiger partial charge is 0.423 e. The molecule has 1 aliphatic heterocycles. The Balaban J connectivity index is 1.71. The minimum atomic E-state index is -0.392. The van der Waals surface area contributed by atoms with Crippen molar-refractivity contribution in [1.82, 2.24) is 4.98 Å². The molecule has 1 aromatic carbocycles. The van der Waals surface area contributed by atoms with Gasteiger partial charge in [0, 0.05) is 6.20 Å². The first-order chi connectivity index (χ1) is 10.6. The summed E-state index contributed by atoms with van der Waals surface area (Å²) in [5.74, 6) is 0.189. The summed E-state index contributed by atoms with van der Waals surface area (Å²) in [6.07, 6.45) is 1.45. The van der Waals surface area contributed by atoms with Gasteiger partial charge in [0.2, 0.25) is 5.91 Å². The number of carbonyl (C=O) groups excluding carboxylic acids is 2. The van der Waals surface area contributed by atoms with Crippen molar-refractivity contribution < 1.29 is 14.3 Å². The molecule has 112 valence electrons. The van der Waals surface area contributed by atoms with Crippen molar-refractivity contribution in [1.29, 1.82) is 0 Å². The molecule has 3 rings (SSSR count). The zero-order chi connectivity index (χ0) is 15.5. The predicted octanol–water partition coefficient (Wildman–Crippen LogP) is 2.10. The third-order valence-corrected chi connectivity index (χ3v) is 3.30. The van der Waals surface area contributed by atoms with Gasteiger partial charge in [0.1, 0.15) is 12.4 Å². The molecule has 1 N–H and O–H groups in total. The molecule has 0 spiro atoms. The Morgan fingerprint density at radius 2 is 2.14 bits per heavy atom. The highest BCUT2D eigenvalue weighted by Crippen LogP contribution is 2.31. The number of nitrogens with one attached hydrogen (secondary N) is 1. The van der Waals surface area contributed by atoms with Crippen LogP contribution in [0.3, 0.4) is 0 Å². The monoisotopic (exact) mass is 317 g/mol. The molecule has 0 aliphatic carbocycles. The number of halogens is 1. The molecule has 0 unspecified atom stereocenters. The number of hydrogen-bond donors (Lipinski definition) is 1. The van der Waals surface area contributed by atoms with Crippen molar-refractivity contribution in [2.45, 2.75) is 0 Å². The number of nitrogens with zero attached hydrogens (tertiary/aromatic N) is 2. The first-order valence-electron chi connectivity index (χ1n) is 6.58. The van der Waals surface area contributed by atoms with Crippen molar-refractivity contribution in [2.75, 3.05) is 23.3 Å². The number of ether oxygens (including phenoxy) is 1. The van der Waals surface area contributed by atoms with Gasteiger partial charge in [0.25, 0.3) is 0 Å². The summed E-state index contributed by atoms with van der Waals surface area (Å²) in [6.45, 7) is 0.0505. The number of hydrogen-bond acceptors (Lipinski definition) is 5. The summed E-state index contributed by atoms with van der Waals surface area (Å²) in [6, 6.07) is 10.3. The lowest BCUT2D eigenvalue weighted by molar-refractivity contribution is -0.133. The summed E-state index contributed by atoms with van der Waals surface area (Å²) < 4.78 is 5.14. The Morgan fingerprint density at radius 1 is 1.32 bits per heavy atom. The van der Waals surface area contributed by atoms with Gasteiger partial charge >= 0.3 is 5.97 Å². The Labute approximate surface area is 131 Å². The van der Waals surface area contributed by atoms with Crippen LogP contribution >= 0.6 is 11.6 Å². The smallest absolute Gasteiger partial charge is 0.331 e. The van der Waals surface area contributed by atoms with Crippen molar-refractivity contribution in [3.8, 4) is 5.75 Å². The van der Waals surface area contributed by atoms with Gasteiger partial charge in [-0.2, -0.15) is 0 Å². The number of rotatable bonds is 3. The number of esters is 1. The summed E-state index contributed by atoms with van der Waals surface area (Å²) in [4.78, 5) is 29.4. The number of benzene rings is 1. The van der Waals surface area contributed by atoms with Crippen molar-refractivity contribution in [2.24, 2.45) is 0 Å². The van der Waals surface area contributed by atoms with Gasteiger partial charge in [-0.1, -0.05) is 23.7 Å². The Hall–Kier alpha value is -2.60. The molecule has 1 amide bonds. The number of fused-ring (bicyclic) bond motifs is 1. The highest BCUT2D eigenvalue weighted by molar-refractivity contribution is 6.30. The van der Waals surface area contributed by atoms with Gasteiger partial charge < -0.3 is 15.0 Å². The molecule has 1 aliphatic rings. The van der Waals surface area contributed by atoms with Crippen molar-refractivity contribution in [3.63, 3.8) is 0 Å². The van der Waals surface area contributed by atoms with Crippen LogP contribution in [0.25, 0.3) is 0 Å². The lowest BCUT2D eigenvalue weighted by Gasteiger charge is -2.28. The number of anilines is 2. The number of aromatic nitrogens is 1. The van der Waals surface area contributed by atoms with Crippen LogP contribution in [0, 0.1) is 0 Å². The Morgan fingerprint density at radius 3 is 2.91 bits per heavy atom. The zero-order valence-corrected chi connectivity index (χ0v) is 12.2. The average molecular weight is 318 g/mol. The van der Waals surface area contributed by atoms with Crippen LogP contribution in [0.15, 0.2) is 42.6 Å². The van der Waals surface area contributed by atoms with E-state index in [0.717, 1.165) is 0 Å². The third-order valence-electron chi connectivity index (χ3n) is 3.08. The second-order valence-corrected chi connectivity index (χ2v) is 5.14. The molecule has 2 heterocycles. The lowest BCUT2D eigenvalue weighted by Crippen LogP contribution is -2.41. The molecule has 0 saturated carbocycles. The van der Waals surface area contributed by atoms with E-state index < -0.39 is 5.97 Å². The van der Waals surface area contributed by atoms with E-state index in [9.17, 15) is 9.59 Å². The maximum atomic E-state index is 12.1.